The van der Waals surface area contributed by atoms with E-state index in [1.807, 2.05) is 11.9 Å². The SMILES string of the molecule is COc1cc(N)c(Cl)cc1C(=O)N[C@@H]1CCN(CCCCCC(=O)N(C)CCCCCCCC(=O)O)C(OC)C1. The van der Waals surface area contributed by atoms with E-state index in [4.69, 9.17) is 31.9 Å². The fourth-order valence-corrected chi connectivity index (χ4v) is 5.19. The number of hydrogen-bond donors (Lipinski definition) is 3. The standard InChI is InChI=1S/C29H47ClN4O6/c1-33(15-10-6-4-5-9-13-28(36)37)26(35)12-8-7-11-16-34-17-14-21(18-27(34)40-3)32-29(38)22-19-23(30)24(31)20-25(22)39-2/h19-21,27H,4-18,31H2,1-3H3,(H,32,38)(H,36,37)/t21-,27?/m1/s1. The molecule has 11 heteroatoms. The van der Waals surface area contributed by atoms with Crippen LogP contribution >= 0.6 is 11.6 Å². The summed E-state index contributed by atoms with van der Waals surface area (Å²) in [5, 5.41) is 12.1. The number of carboxylic acids is 1. The van der Waals surface area contributed by atoms with Crippen molar-refractivity contribution in [2.45, 2.75) is 89.3 Å². The number of anilines is 1. The van der Waals surface area contributed by atoms with Crippen LogP contribution in [0.2, 0.25) is 5.02 Å². The quantitative estimate of drug-likeness (QED) is 0.170. The van der Waals surface area contributed by atoms with E-state index in [0.29, 0.717) is 34.9 Å². The summed E-state index contributed by atoms with van der Waals surface area (Å²) in [7, 11) is 5.04. The van der Waals surface area contributed by atoms with Crippen molar-refractivity contribution >= 4 is 35.1 Å². The molecule has 2 rings (SSSR count). The van der Waals surface area contributed by atoms with Crippen molar-refractivity contribution in [2.75, 3.05) is 46.6 Å². The molecule has 0 bridgehead atoms. The van der Waals surface area contributed by atoms with Gasteiger partial charge >= 0.3 is 5.97 Å². The van der Waals surface area contributed by atoms with Gasteiger partial charge in [-0.1, -0.05) is 37.3 Å². The number of nitrogens with one attached hydrogen (secondary N) is 1. The zero-order valence-electron chi connectivity index (χ0n) is 24.3. The lowest BCUT2D eigenvalue weighted by Gasteiger charge is -2.38. The summed E-state index contributed by atoms with van der Waals surface area (Å²) in [6, 6.07) is 3.05. The Morgan fingerprint density at radius 2 is 1.75 bits per heavy atom. The summed E-state index contributed by atoms with van der Waals surface area (Å²) in [6.07, 6.45) is 9.60. The van der Waals surface area contributed by atoms with E-state index < -0.39 is 5.97 Å². The molecule has 0 radical (unpaired) electrons. The molecule has 0 aliphatic carbocycles. The zero-order valence-corrected chi connectivity index (χ0v) is 25.0. The molecule has 1 heterocycles. The molecule has 1 aromatic carbocycles. The van der Waals surface area contributed by atoms with E-state index in [9.17, 15) is 14.4 Å². The maximum absolute atomic E-state index is 12.9. The van der Waals surface area contributed by atoms with Gasteiger partial charge in [0.15, 0.2) is 0 Å². The van der Waals surface area contributed by atoms with Crippen LogP contribution in [0.25, 0.3) is 0 Å². The Labute approximate surface area is 243 Å². The van der Waals surface area contributed by atoms with Crippen LogP contribution in [0.15, 0.2) is 12.1 Å². The lowest BCUT2D eigenvalue weighted by atomic mass is 10.0. The first-order valence-electron chi connectivity index (χ1n) is 14.3. The Balaban J connectivity index is 1.64. The van der Waals surface area contributed by atoms with E-state index in [1.165, 1.54) is 13.2 Å². The molecule has 1 aliphatic rings. The van der Waals surface area contributed by atoms with Gasteiger partial charge in [0, 0.05) is 65.2 Å². The average Bonchev–Trinajstić information content (AvgIpc) is 2.93. The minimum absolute atomic E-state index is 0.0346. The number of unbranched alkanes of at least 4 members (excludes halogenated alkanes) is 6. The predicted molar refractivity (Wildman–Crippen MR) is 157 cm³/mol. The minimum Gasteiger partial charge on any atom is -0.496 e. The molecule has 2 amide bonds. The molecule has 4 N–H and O–H groups in total. The van der Waals surface area contributed by atoms with Gasteiger partial charge in [-0.05, 0) is 38.2 Å². The minimum atomic E-state index is -0.738. The molecular weight excluding hydrogens is 536 g/mol. The molecule has 0 saturated carbocycles. The van der Waals surface area contributed by atoms with Gasteiger partial charge in [0.05, 0.1) is 23.4 Å². The van der Waals surface area contributed by atoms with Crippen LogP contribution in [0.5, 0.6) is 5.75 Å². The number of benzene rings is 1. The first kappa shape index (κ1) is 33.6. The number of halogens is 1. The average molecular weight is 583 g/mol. The molecule has 1 aromatic rings. The molecule has 1 saturated heterocycles. The molecule has 0 aromatic heterocycles. The van der Waals surface area contributed by atoms with E-state index >= 15 is 0 Å². The highest BCUT2D eigenvalue weighted by atomic mass is 35.5. The van der Waals surface area contributed by atoms with Gasteiger partial charge in [-0.2, -0.15) is 0 Å². The zero-order chi connectivity index (χ0) is 29.5. The fraction of sp³-hybridized carbons (Fsp3) is 0.690. The highest BCUT2D eigenvalue weighted by molar-refractivity contribution is 6.33. The molecule has 1 aliphatic heterocycles. The molecule has 2 atom stereocenters. The number of nitrogens with zero attached hydrogens (tertiary/aromatic N) is 2. The van der Waals surface area contributed by atoms with Crippen molar-refractivity contribution < 1.29 is 29.0 Å². The highest BCUT2D eigenvalue weighted by Crippen LogP contribution is 2.29. The molecule has 0 spiro atoms. The number of aliphatic carboxylic acids is 1. The number of nitrogen functional groups attached to an aromatic ring is 1. The van der Waals surface area contributed by atoms with E-state index in [0.717, 1.165) is 77.4 Å². The van der Waals surface area contributed by atoms with Gasteiger partial charge in [0.25, 0.3) is 5.91 Å². The lowest BCUT2D eigenvalue weighted by molar-refractivity contribution is -0.137. The first-order chi connectivity index (χ1) is 19.2. The summed E-state index contributed by atoms with van der Waals surface area (Å²) in [5.74, 6) is -0.429. The van der Waals surface area contributed by atoms with Crippen LogP contribution < -0.4 is 15.8 Å². The Morgan fingerprint density at radius 1 is 1.07 bits per heavy atom. The molecular formula is C29H47ClN4O6. The highest BCUT2D eigenvalue weighted by Gasteiger charge is 2.30. The van der Waals surface area contributed by atoms with E-state index in [2.05, 4.69) is 10.2 Å². The third-order valence-corrected chi connectivity index (χ3v) is 7.80. The second-order valence-electron chi connectivity index (χ2n) is 10.5. The van der Waals surface area contributed by atoms with Crippen molar-refractivity contribution in [1.82, 2.24) is 15.1 Å². The molecule has 40 heavy (non-hydrogen) atoms. The van der Waals surface area contributed by atoms with E-state index in [1.54, 1.807) is 13.2 Å². The number of ether oxygens (including phenoxy) is 2. The van der Waals surface area contributed by atoms with Gasteiger partial charge in [-0.15, -0.1) is 0 Å². The Kier molecular flexibility index (Phi) is 15.1. The number of methoxy groups -OCH3 is 2. The summed E-state index contributed by atoms with van der Waals surface area (Å²) >= 11 is 6.12. The van der Waals surface area contributed by atoms with Crippen LogP contribution in [0.1, 0.15) is 87.4 Å². The summed E-state index contributed by atoms with van der Waals surface area (Å²) in [5.41, 5.74) is 6.54. The maximum atomic E-state index is 12.9. The summed E-state index contributed by atoms with van der Waals surface area (Å²) < 4.78 is 11.0. The van der Waals surface area contributed by atoms with Crippen molar-refractivity contribution in [3.05, 3.63) is 22.7 Å². The van der Waals surface area contributed by atoms with Gasteiger partial charge in [-0.25, -0.2) is 0 Å². The van der Waals surface area contributed by atoms with Gasteiger partial charge in [0.2, 0.25) is 5.91 Å². The Morgan fingerprint density at radius 3 is 2.45 bits per heavy atom. The van der Waals surface area contributed by atoms with Crippen LogP contribution in [0.3, 0.4) is 0 Å². The molecule has 1 fully saturated rings. The lowest BCUT2D eigenvalue weighted by Crippen LogP contribution is -2.50. The van der Waals surface area contributed by atoms with Crippen LogP contribution in [0.4, 0.5) is 5.69 Å². The number of piperidine rings is 1. The van der Waals surface area contributed by atoms with Crippen LogP contribution in [-0.2, 0) is 14.3 Å². The maximum Gasteiger partial charge on any atom is 0.303 e. The number of hydrogen-bond acceptors (Lipinski definition) is 7. The number of carbonyl (C=O) groups is 3. The molecule has 226 valence electrons. The van der Waals surface area contributed by atoms with Crippen molar-refractivity contribution in [1.29, 1.82) is 0 Å². The van der Waals surface area contributed by atoms with Crippen LogP contribution in [-0.4, -0.2) is 85.9 Å². The number of rotatable bonds is 18. The second kappa shape index (κ2) is 18.0. The van der Waals surface area contributed by atoms with Crippen molar-refractivity contribution in [3.63, 3.8) is 0 Å². The first-order valence-corrected chi connectivity index (χ1v) is 14.7. The number of carbonyl (C=O) groups excluding carboxylic acids is 2. The second-order valence-corrected chi connectivity index (χ2v) is 10.9. The van der Waals surface area contributed by atoms with E-state index in [-0.39, 0.29) is 30.5 Å². The molecule has 1 unspecified atom stereocenters. The Bertz CT molecular complexity index is 963. The largest absolute Gasteiger partial charge is 0.496 e. The third-order valence-electron chi connectivity index (χ3n) is 7.47. The summed E-state index contributed by atoms with van der Waals surface area (Å²) in [4.78, 5) is 40.0. The van der Waals surface area contributed by atoms with Gasteiger partial charge in [-0.3, -0.25) is 19.3 Å². The fourth-order valence-electron chi connectivity index (χ4n) is 5.03. The van der Waals surface area contributed by atoms with Crippen molar-refractivity contribution in [3.8, 4) is 5.75 Å². The smallest absolute Gasteiger partial charge is 0.303 e. The molecule has 10 nitrogen and oxygen atoms in total. The van der Waals surface area contributed by atoms with Gasteiger partial charge in [0.1, 0.15) is 12.0 Å². The topological polar surface area (TPSA) is 134 Å². The van der Waals surface area contributed by atoms with Crippen LogP contribution in [0, 0.1) is 0 Å². The summed E-state index contributed by atoms with van der Waals surface area (Å²) in [6.45, 7) is 2.43. The number of nitrogens with two attached hydrogens (primary N) is 1. The number of carboxylic acid groups (broad SMARTS) is 1. The number of likely N-dealkylation sites (tertiary alicyclic amines) is 1. The number of amides is 2. The normalized spacial score (nSPS) is 17.4. The Hall–Kier alpha value is -2.56. The van der Waals surface area contributed by atoms with Gasteiger partial charge < -0.3 is 30.5 Å². The monoisotopic (exact) mass is 582 g/mol. The van der Waals surface area contributed by atoms with Crippen molar-refractivity contribution in [2.24, 2.45) is 0 Å². The predicted octanol–water partition coefficient (Wildman–Crippen LogP) is 4.54. The third kappa shape index (κ3) is 11.5.